The van der Waals surface area contributed by atoms with Gasteiger partial charge in [-0.2, -0.15) is 0 Å². The molecule has 2 aliphatic carbocycles. The molecule has 140 valence electrons. The minimum Gasteiger partial charge on any atom is -0.353 e. The van der Waals surface area contributed by atoms with Crippen molar-refractivity contribution in [2.24, 2.45) is 17.8 Å². The number of hydrogen-bond acceptors (Lipinski definition) is 2. The van der Waals surface area contributed by atoms with Crippen molar-refractivity contribution in [2.75, 3.05) is 18.4 Å². The SMILES string of the molecule is O=C(CC1CC2CCC1C2)NC1CCN(C(=O)Nc2ccccc2)CC1. The van der Waals surface area contributed by atoms with Crippen molar-refractivity contribution in [1.82, 2.24) is 10.2 Å². The fourth-order valence-electron chi connectivity index (χ4n) is 5.10. The van der Waals surface area contributed by atoms with Crippen molar-refractivity contribution in [2.45, 2.75) is 51.0 Å². The molecule has 2 N–H and O–H groups in total. The van der Waals surface area contributed by atoms with E-state index in [1.54, 1.807) is 0 Å². The van der Waals surface area contributed by atoms with E-state index >= 15 is 0 Å². The normalized spacial score (nSPS) is 28.2. The van der Waals surface area contributed by atoms with E-state index in [9.17, 15) is 9.59 Å². The predicted molar refractivity (Wildman–Crippen MR) is 102 cm³/mol. The molecule has 3 aliphatic rings. The maximum atomic E-state index is 12.4. The van der Waals surface area contributed by atoms with E-state index in [2.05, 4.69) is 10.6 Å². The number of piperidine rings is 1. The van der Waals surface area contributed by atoms with Crippen LogP contribution >= 0.6 is 0 Å². The Morgan fingerprint density at radius 1 is 1.00 bits per heavy atom. The van der Waals surface area contributed by atoms with Gasteiger partial charge in [0, 0.05) is 31.2 Å². The zero-order valence-corrected chi connectivity index (χ0v) is 15.3. The Balaban J connectivity index is 1.18. The van der Waals surface area contributed by atoms with Crippen LogP contribution in [0, 0.1) is 17.8 Å². The lowest BCUT2D eigenvalue weighted by Crippen LogP contribution is -2.48. The number of benzene rings is 1. The standard InChI is InChI=1S/C21H29N3O2/c25-20(14-17-13-15-6-7-16(17)12-15)22-19-8-10-24(11-9-19)21(26)23-18-4-2-1-3-5-18/h1-5,15-17,19H,6-14H2,(H,22,25)(H,23,26). The van der Waals surface area contributed by atoms with Gasteiger partial charge in [-0.15, -0.1) is 0 Å². The topological polar surface area (TPSA) is 61.4 Å². The number of para-hydroxylation sites is 1. The molecule has 1 aliphatic heterocycles. The first-order valence-electron chi connectivity index (χ1n) is 10.1. The largest absolute Gasteiger partial charge is 0.353 e. The molecule has 0 spiro atoms. The van der Waals surface area contributed by atoms with Crippen LogP contribution in [0.15, 0.2) is 30.3 Å². The molecule has 26 heavy (non-hydrogen) atoms. The van der Waals surface area contributed by atoms with E-state index in [1.807, 2.05) is 35.2 Å². The fourth-order valence-corrected chi connectivity index (χ4v) is 5.10. The van der Waals surface area contributed by atoms with E-state index in [1.165, 1.54) is 25.7 Å². The Labute approximate surface area is 155 Å². The molecule has 1 aromatic rings. The maximum absolute atomic E-state index is 12.4. The summed E-state index contributed by atoms with van der Waals surface area (Å²) in [6, 6.07) is 9.69. The highest BCUT2D eigenvalue weighted by Crippen LogP contribution is 2.49. The van der Waals surface area contributed by atoms with Gasteiger partial charge in [0.2, 0.25) is 5.91 Å². The van der Waals surface area contributed by atoms with Crippen LogP contribution in [0.25, 0.3) is 0 Å². The van der Waals surface area contributed by atoms with Crippen LogP contribution in [-0.4, -0.2) is 36.0 Å². The second-order valence-electron chi connectivity index (χ2n) is 8.26. The highest BCUT2D eigenvalue weighted by molar-refractivity contribution is 5.89. The number of nitrogens with one attached hydrogen (secondary N) is 2. The molecule has 3 amide bonds. The molecule has 5 heteroatoms. The summed E-state index contributed by atoms with van der Waals surface area (Å²) in [5.74, 6) is 2.53. The van der Waals surface area contributed by atoms with E-state index in [4.69, 9.17) is 0 Å². The number of rotatable bonds is 4. The Kier molecular flexibility index (Phi) is 5.14. The Morgan fingerprint density at radius 3 is 2.42 bits per heavy atom. The van der Waals surface area contributed by atoms with Crippen LogP contribution in [-0.2, 0) is 4.79 Å². The number of fused-ring (bicyclic) bond motifs is 2. The Hall–Kier alpha value is -2.04. The first kappa shape index (κ1) is 17.4. The second kappa shape index (κ2) is 7.68. The van der Waals surface area contributed by atoms with Gasteiger partial charge in [-0.05, 0) is 62.0 Å². The Bertz CT molecular complexity index is 640. The number of carbonyl (C=O) groups excluding carboxylic acids is 2. The van der Waals surface area contributed by atoms with Gasteiger partial charge in [-0.1, -0.05) is 24.6 Å². The zero-order valence-electron chi connectivity index (χ0n) is 15.3. The average molecular weight is 355 g/mol. The monoisotopic (exact) mass is 355 g/mol. The minimum absolute atomic E-state index is 0.0528. The molecule has 3 unspecified atom stereocenters. The lowest BCUT2D eigenvalue weighted by molar-refractivity contribution is -0.123. The lowest BCUT2D eigenvalue weighted by atomic mass is 9.86. The van der Waals surface area contributed by atoms with Gasteiger partial charge in [-0.3, -0.25) is 4.79 Å². The number of likely N-dealkylation sites (tertiary alicyclic amines) is 1. The molecule has 0 radical (unpaired) electrons. The van der Waals surface area contributed by atoms with Gasteiger partial charge in [-0.25, -0.2) is 4.79 Å². The molecular weight excluding hydrogens is 326 g/mol. The third-order valence-corrected chi connectivity index (χ3v) is 6.50. The molecule has 1 heterocycles. The highest BCUT2D eigenvalue weighted by atomic mass is 16.2. The second-order valence-corrected chi connectivity index (χ2v) is 8.26. The molecule has 0 aromatic heterocycles. The molecule has 1 aromatic carbocycles. The number of amides is 3. The van der Waals surface area contributed by atoms with Crippen LogP contribution in [0.4, 0.5) is 10.5 Å². The molecule has 1 saturated heterocycles. The summed E-state index contributed by atoms with van der Waals surface area (Å²) in [7, 11) is 0. The Morgan fingerprint density at radius 2 is 1.77 bits per heavy atom. The summed E-state index contributed by atoms with van der Waals surface area (Å²) in [4.78, 5) is 26.6. The number of carbonyl (C=O) groups is 2. The van der Waals surface area contributed by atoms with Gasteiger partial charge in [0.25, 0.3) is 0 Å². The van der Waals surface area contributed by atoms with E-state index in [-0.39, 0.29) is 18.0 Å². The summed E-state index contributed by atoms with van der Waals surface area (Å²) in [5, 5.41) is 6.15. The average Bonchev–Trinajstić information content (AvgIpc) is 3.26. The van der Waals surface area contributed by atoms with Crippen molar-refractivity contribution in [3.63, 3.8) is 0 Å². The zero-order chi connectivity index (χ0) is 17.9. The van der Waals surface area contributed by atoms with E-state index < -0.39 is 0 Å². The predicted octanol–water partition coefficient (Wildman–Crippen LogP) is 3.63. The molecule has 4 rings (SSSR count). The third kappa shape index (κ3) is 4.02. The molecule has 2 saturated carbocycles. The summed E-state index contributed by atoms with van der Waals surface area (Å²) in [6.07, 6.45) is 7.71. The maximum Gasteiger partial charge on any atom is 0.321 e. The smallest absolute Gasteiger partial charge is 0.321 e. The molecule has 3 atom stereocenters. The quantitative estimate of drug-likeness (QED) is 0.866. The lowest BCUT2D eigenvalue weighted by Gasteiger charge is -2.33. The van der Waals surface area contributed by atoms with Gasteiger partial charge in [0.15, 0.2) is 0 Å². The number of urea groups is 1. The third-order valence-electron chi connectivity index (χ3n) is 6.50. The minimum atomic E-state index is -0.0528. The van der Waals surface area contributed by atoms with Gasteiger partial charge < -0.3 is 15.5 Å². The van der Waals surface area contributed by atoms with Crippen LogP contribution in [0.5, 0.6) is 0 Å². The van der Waals surface area contributed by atoms with Crippen LogP contribution in [0.1, 0.15) is 44.9 Å². The van der Waals surface area contributed by atoms with Gasteiger partial charge in [0.05, 0.1) is 0 Å². The number of anilines is 1. The van der Waals surface area contributed by atoms with Crippen molar-refractivity contribution in [3.05, 3.63) is 30.3 Å². The van der Waals surface area contributed by atoms with Crippen LogP contribution < -0.4 is 10.6 Å². The molecule has 5 nitrogen and oxygen atoms in total. The summed E-state index contributed by atoms with van der Waals surface area (Å²) in [6.45, 7) is 1.38. The van der Waals surface area contributed by atoms with Crippen LogP contribution in [0.3, 0.4) is 0 Å². The summed E-state index contributed by atoms with van der Waals surface area (Å²) in [5.41, 5.74) is 0.818. The first-order valence-corrected chi connectivity index (χ1v) is 10.1. The van der Waals surface area contributed by atoms with E-state index in [0.717, 1.165) is 30.4 Å². The van der Waals surface area contributed by atoms with Crippen molar-refractivity contribution in [1.29, 1.82) is 0 Å². The van der Waals surface area contributed by atoms with Gasteiger partial charge >= 0.3 is 6.03 Å². The number of nitrogens with zero attached hydrogens (tertiary/aromatic N) is 1. The highest BCUT2D eigenvalue weighted by Gasteiger charge is 2.40. The summed E-state index contributed by atoms with van der Waals surface area (Å²) >= 11 is 0. The molecule has 3 fully saturated rings. The van der Waals surface area contributed by atoms with Crippen molar-refractivity contribution < 1.29 is 9.59 Å². The van der Waals surface area contributed by atoms with Crippen molar-refractivity contribution in [3.8, 4) is 0 Å². The van der Waals surface area contributed by atoms with Gasteiger partial charge in [0.1, 0.15) is 0 Å². The molecule has 2 bridgehead atoms. The fraction of sp³-hybridized carbons (Fsp3) is 0.619. The van der Waals surface area contributed by atoms with E-state index in [0.29, 0.717) is 25.4 Å². The first-order chi connectivity index (χ1) is 12.7. The van der Waals surface area contributed by atoms with Crippen molar-refractivity contribution >= 4 is 17.6 Å². The van der Waals surface area contributed by atoms with Crippen LogP contribution in [0.2, 0.25) is 0 Å². The summed E-state index contributed by atoms with van der Waals surface area (Å²) < 4.78 is 0. The molecular formula is C21H29N3O2. The number of hydrogen-bond donors (Lipinski definition) is 2.